The van der Waals surface area contributed by atoms with E-state index in [-0.39, 0.29) is 5.69 Å². The standard InChI is InChI=1S/C15H17N3OS/c1-20-14-12-6-2-3-7-13(12)18(15(19)17-14)10-11-5-4-8-16-9-11/h4-5,8-9H,2-3,6-7,10H2,1H3. The second kappa shape index (κ2) is 5.79. The van der Waals surface area contributed by atoms with Crippen LogP contribution < -0.4 is 5.69 Å². The molecule has 5 heteroatoms. The van der Waals surface area contributed by atoms with Gasteiger partial charge in [-0.3, -0.25) is 9.55 Å². The molecule has 2 aromatic rings. The van der Waals surface area contributed by atoms with Gasteiger partial charge in [0, 0.05) is 23.7 Å². The zero-order chi connectivity index (χ0) is 13.9. The lowest BCUT2D eigenvalue weighted by molar-refractivity contribution is 0.569. The number of aromatic nitrogens is 3. The minimum Gasteiger partial charge on any atom is -0.291 e. The third-order valence-electron chi connectivity index (χ3n) is 3.71. The van der Waals surface area contributed by atoms with Gasteiger partial charge in [-0.2, -0.15) is 4.98 Å². The highest BCUT2D eigenvalue weighted by Gasteiger charge is 2.19. The Morgan fingerprint density at radius 2 is 2.20 bits per heavy atom. The molecular formula is C15H17N3OS. The van der Waals surface area contributed by atoms with Crippen molar-refractivity contribution in [3.63, 3.8) is 0 Å². The molecule has 0 aromatic carbocycles. The van der Waals surface area contributed by atoms with Crippen LogP contribution in [0.3, 0.4) is 0 Å². The molecule has 0 amide bonds. The third kappa shape index (κ3) is 2.50. The molecule has 0 saturated heterocycles. The second-order valence-corrected chi connectivity index (χ2v) is 5.78. The van der Waals surface area contributed by atoms with Gasteiger partial charge < -0.3 is 0 Å². The van der Waals surface area contributed by atoms with Crippen molar-refractivity contribution in [2.75, 3.05) is 6.26 Å². The average Bonchev–Trinajstić information content (AvgIpc) is 2.51. The highest BCUT2D eigenvalue weighted by Crippen LogP contribution is 2.27. The van der Waals surface area contributed by atoms with E-state index in [2.05, 4.69) is 9.97 Å². The first-order valence-corrected chi connectivity index (χ1v) is 8.07. The Hall–Kier alpha value is -1.62. The summed E-state index contributed by atoms with van der Waals surface area (Å²) < 4.78 is 1.82. The van der Waals surface area contributed by atoms with Crippen LogP contribution in [0.25, 0.3) is 0 Å². The maximum atomic E-state index is 12.3. The summed E-state index contributed by atoms with van der Waals surface area (Å²) in [6.45, 7) is 0.566. The van der Waals surface area contributed by atoms with E-state index in [0.29, 0.717) is 6.54 Å². The Morgan fingerprint density at radius 3 is 2.95 bits per heavy atom. The summed E-state index contributed by atoms with van der Waals surface area (Å²) in [5.74, 6) is 0. The minimum absolute atomic E-state index is 0.140. The molecule has 104 valence electrons. The molecule has 3 rings (SSSR count). The summed E-state index contributed by atoms with van der Waals surface area (Å²) in [7, 11) is 0. The number of hydrogen-bond acceptors (Lipinski definition) is 4. The predicted molar refractivity (Wildman–Crippen MR) is 80.3 cm³/mol. The van der Waals surface area contributed by atoms with Crippen molar-refractivity contribution in [3.8, 4) is 0 Å². The van der Waals surface area contributed by atoms with E-state index in [4.69, 9.17) is 0 Å². The molecule has 1 aliphatic carbocycles. The Morgan fingerprint density at radius 1 is 1.35 bits per heavy atom. The molecule has 2 aromatic heterocycles. The van der Waals surface area contributed by atoms with Gasteiger partial charge in [0.2, 0.25) is 0 Å². The molecule has 0 N–H and O–H groups in total. The van der Waals surface area contributed by atoms with Gasteiger partial charge in [0.1, 0.15) is 5.03 Å². The van der Waals surface area contributed by atoms with Crippen molar-refractivity contribution in [2.45, 2.75) is 37.3 Å². The Bertz CT molecular complexity index is 667. The second-order valence-electron chi connectivity index (χ2n) is 4.98. The van der Waals surface area contributed by atoms with Gasteiger partial charge in [-0.1, -0.05) is 6.07 Å². The molecule has 0 spiro atoms. The van der Waals surface area contributed by atoms with Gasteiger partial charge >= 0.3 is 5.69 Å². The predicted octanol–water partition coefficient (Wildman–Crippen LogP) is 2.29. The van der Waals surface area contributed by atoms with Crippen LogP contribution in [-0.2, 0) is 19.4 Å². The first kappa shape index (κ1) is 13.4. The number of nitrogens with zero attached hydrogens (tertiary/aromatic N) is 3. The van der Waals surface area contributed by atoms with E-state index in [1.165, 1.54) is 17.7 Å². The monoisotopic (exact) mass is 287 g/mol. The zero-order valence-electron chi connectivity index (χ0n) is 11.5. The number of thioether (sulfide) groups is 1. The molecule has 0 unspecified atom stereocenters. The molecule has 0 saturated carbocycles. The smallest absolute Gasteiger partial charge is 0.291 e. The van der Waals surface area contributed by atoms with Gasteiger partial charge in [-0.25, -0.2) is 4.79 Å². The van der Waals surface area contributed by atoms with Gasteiger partial charge in [0.15, 0.2) is 0 Å². The first-order chi connectivity index (χ1) is 9.79. The molecule has 0 atom stereocenters. The molecular weight excluding hydrogens is 270 g/mol. The lowest BCUT2D eigenvalue weighted by Crippen LogP contribution is -2.30. The van der Waals surface area contributed by atoms with Crippen LogP contribution in [0.2, 0.25) is 0 Å². The molecule has 0 radical (unpaired) electrons. The molecule has 0 bridgehead atoms. The molecule has 4 nitrogen and oxygen atoms in total. The van der Waals surface area contributed by atoms with Crippen molar-refractivity contribution in [1.29, 1.82) is 0 Å². The topological polar surface area (TPSA) is 47.8 Å². The van der Waals surface area contributed by atoms with Crippen molar-refractivity contribution < 1.29 is 0 Å². The zero-order valence-corrected chi connectivity index (χ0v) is 12.3. The number of hydrogen-bond donors (Lipinski definition) is 0. The summed E-state index contributed by atoms with van der Waals surface area (Å²) in [6.07, 6.45) is 9.89. The van der Waals surface area contributed by atoms with E-state index in [1.54, 1.807) is 18.0 Å². The summed E-state index contributed by atoms with van der Waals surface area (Å²) in [6, 6.07) is 3.90. The molecule has 0 aliphatic heterocycles. The summed E-state index contributed by atoms with van der Waals surface area (Å²) in [5, 5.41) is 0.909. The van der Waals surface area contributed by atoms with Crippen LogP contribution in [0.1, 0.15) is 29.7 Å². The fourth-order valence-electron chi connectivity index (χ4n) is 2.75. The van der Waals surface area contributed by atoms with Crippen LogP contribution in [0.4, 0.5) is 0 Å². The molecule has 2 heterocycles. The Balaban J connectivity index is 2.08. The summed E-state index contributed by atoms with van der Waals surface area (Å²) in [5.41, 5.74) is 3.34. The molecule has 0 fully saturated rings. The van der Waals surface area contributed by atoms with E-state index in [0.717, 1.165) is 29.9 Å². The Labute approximate surface area is 122 Å². The van der Waals surface area contributed by atoms with Crippen LogP contribution in [-0.4, -0.2) is 20.8 Å². The maximum Gasteiger partial charge on any atom is 0.349 e. The Kier molecular flexibility index (Phi) is 3.87. The minimum atomic E-state index is -0.140. The van der Waals surface area contributed by atoms with Crippen molar-refractivity contribution in [3.05, 3.63) is 51.8 Å². The molecule has 20 heavy (non-hydrogen) atoms. The quantitative estimate of drug-likeness (QED) is 0.642. The van der Waals surface area contributed by atoms with E-state index in [9.17, 15) is 4.79 Å². The van der Waals surface area contributed by atoms with Crippen LogP contribution in [0.15, 0.2) is 34.3 Å². The van der Waals surface area contributed by atoms with Crippen molar-refractivity contribution >= 4 is 11.8 Å². The fraction of sp³-hybridized carbons (Fsp3) is 0.400. The number of pyridine rings is 1. The van der Waals surface area contributed by atoms with Crippen LogP contribution >= 0.6 is 11.8 Å². The first-order valence-electron chi connectivity index (χ1n) is 6.85. The van der Waals surface area contributed by atoms with Crippen molar-refractivity contribution in [1.82, 2.24) is 14.5 Å². The molecule has 1 aliphatic rings. The van der Waals surface area contributed by atoms with E-state index >= 15 is 0 Å². The summed E-state index contributed by atoms with van der Waals surface area (Å²) >= 11 is 1.58. The van der Waals surface area contributed by atoms with Gasteiger partial charge in [-0.05, 0) is 43.6 Å². The van der Waals surface area contributed by atoms with Crippen LogP contribution in [0, 0.1) is 0 Å². The van der Waals surface area contributed by atoms with Crippen LogP contribution in [0.5, 0.6) is 0 Å². The average molecular weight is 287 g/mol. The van der Waals surface area contributed by atoms with Gasteiger partial charge in [0.25, 0.3) is 0 Å². The lowest BCUT2D eigenvalue weighted by Gasteiger charge is -2.22. The lowest BCUT2D eigenvalue weighted by atomic mass is 9.97. The highest BCUT2D eigenvalue weighted by atomic mass is 32.2. The van der Waals surface area contributed by atoms with E-state index in [1.807, 2.05) is 29.2 Å². The van der Waals surface area contributed by atoms with Gasteiger partial charge in [-0.15, -0.1) is 11.8 Å². The highest BCUT2D eigenvalue weighted by molar-refractivity contribution is 7.98. The number of fused-ring (bicyclic) bond motifs is 1. The SMILES string of the molecule is CSc1nc(=O)n(Cc2cccnc2)c2c1CCCC2. The van der Waals surface area contributed by atoms with Gasteiger partial charge in [0.05, 0.1) is 6.54 Å². The fourth-order valence-corrected chi connectivity index (χ4v) is 3.39. The summed E-state index contributed by atoms with van der Waals surface area (Å²) in [4.78, 5) is 20.7. The number of rotatable bonds is 3. The van der Waals surface area contributed by atoms with Crippen molar-refractivity contribution in [2.24, 2.45) is 0 Å². The van der Waals surface area contributed by atoms with E-state index < -0.39 is 0 Å². The largest absolute Gasteiger partial charge is 0.349 e. The maximum absolute atomic E-state index is 12.3. The normalized spacial score (nSPS) is 14.1. The third-order valence-corrected chi connectivity index (χ3v) is 4.43.